The Morgan fingerprint density at radius 2 is 1.90 bits per heavy atom. The molecule has 3 N–H and O–H groups in total. The van der Waals surface area contributed by atoms with E-state index in [0.29, 0.717) is 5.96 Å². The Bertz CT molecular complexity index is 502. The summed E-state index contributed by atoms with van der Waals surface area (Å²) in [5.74, 6) is 0.540. The summed E-state index contributed by atoms with van der Waals surface area (Å²) in [6, 6.07) is 8.21. The van der Waals surface area contributed by atoms with Gasteiger partial charge in [-0.1, -0.05) is 34.1 Å². The molecule has 0 spiro atoms. The van der Waals surface area contributed by atoms with Crippen molar-refractivity contribution in [3.63, 3.8) is 0 Å². The van der Waals surface area contributed by atoms with Crippen LogP contribution in [0.15, 0.2) is 33.7 Å². The molecule has 6 heteroatoms. The Kier molecular flexibility index (Phi) is 7.22. The van der Waals surface area contributed by atoms with Crippen LogP contribution in [0.1, 0.15) is 32.4 Å². The lowest BCUT2D eigenvalue weighted by molar-refractivity contribution is -0.120. The van der Waals surface area contributed by atoms with Crippen molar-refractivity contribution in [3.8, 4) is 0 Å². The molecule has 0 radical (unpaired) electrons. The SMILES string of the molecule is CN=C(NCC(=O)NC(C)C)NC(C)c1ccccc1Br. The van der Waals surface area contributed by atoms with Gasteiger partial charge in [0.2, 0.25) is 5.91 Å². The highest BCUT2D eigenvalue weighted by Gasteiger charge is 2.11. The van der Waals surface area contributed by atoms with Gasteiger partial charge in [0.1, 0.15) is 0 Å². The minimum atomic E-state index is -0.0542. The molecule has 1 aromatic carbocycles. The maximum atomic E-state index is 11.6. The quantitative estimate of drug-likeness (QED) is 0.560. The van der Waals surface area contributed by atoms with E-state index in [1.165, 1.54) is 0 Å². The fourth-order valence-corrected chi connectivity index (χ4v) is 2.47. The average Bonchev–Trinajstić information content (AvgIpc) is 2.42. The van der Waals surface area contributed by atoms with Crippen LogP contribution in [0, 0.1) is 0 Å². The van der Waals surface area contributed by atoms with Crippen LogP contribution in [0.5, 0.6) is 0 Å². The maximum absolute atomic E-state index is 11.6. The number of halogens is 1. The number of hydrogen-bond acceptors (Lipinski definition) is 2. The molecule has 1 unspecified atom stereocenters. The van der Waals surface area contributed by atoms with Crippen molar-refractivity contribution in [1.82, 2.24) is 16.0 Å². The second kappa shape index (κ2) is 8.67. The third-order valence-electron chi connectivity index (χ3n) is 2.81. The summed E-state index contributed by atoms with van der Waals surface area (Å²) in [7, 11) is 1.68. The minimum Gasteiger partial charge on any atom is -0.352 e. The molecule has 0 saturated heterocycles. The van der Waals surface area contributed by atoms with Gasteiger partial charge in [-0.05, 0) is 32.4 Å². The Morgan fingerprint density at radius 1 is 1.24 bits per heavy atom. The summed E-state index contributed by atoms with van der Waals surface area (Å²) in [4.78, 5) is 15.8. The predicted molar refractivity (Wildman–Crippen MR) is 90.3 cm³/mol. The van der Waals surface area contributed by atoms with Gasteiger partial charge in [-0.15, -0.1) is 0 Å². The van der Waals surface area contributed by atoms with Crippen LogP contribution in [0.4, 0.5) is 0 Å². The van der Waals surface area contributed by atoms with E-state index in [0.717, 1.165) is 10.0 Å². The van der Waals surface area contributed by atoms with Crippen LogP contribution in [0.25, 0.3) is 0 Å². The molecule has 116 valence electrons. The number of nitrogens with zero attached hydrogens (tertiary/aromatic N) is 1. The van der Waals surface area contributed by atoms with Crippen molar-refractivity contribution < 1.29 is 4.79 Å². The van der Waals surface area contributed by atoms with E-state index < -0.39 is 0 Å². The molecule has 1 atom stereocenters. The first-order valence-electron chi connectivity index (χ1n) is 6.95. The van der Waals surface area contributed by atoms with E-state index in [4.69, 9.17) is 0 Å². The van der Waals surface area contributed by atoms with Gasteiger partial charge >= 0.3 is 0 Å². The highest BCUT2D eigenvalue weighted by molar-refractivity contribution is 9.10. The van der Waals surface area contributed by atoms with Gasteiger partial charge in [-0.2, -0.15) is 0 Å². The maximum Gasteiger partial charge on any atom is 0.239 e. The summed E-state index contributed by atoms with van der Waals surface area (Å²) >= 11 is 3.53. The van der Waals surface area contributed by atoms with Gasteiger partial charge in [0.05, 0.1) is 12.6 Å². The number of nitrogens with one attached hydrogen (secondary N) is 3. The van der Waals surface area contributed by atoms with E-state index in [1.807, 2.05) is 45.0 Å². The number of benzene rings is 1. The summed E-state index contributed by atoms with van der Waals surface area (Å²) in [5.41, 5.74) is 1.13. The van der Waals surface area contributed by atoms with Gasteiger partial charge < -0.3 is 16.0 Å². The lowest BCUT2D eigenvalue weighted by atomic mass is 10.1. The number of carbonyl (C=O) groups excluding carboxylic acids is 1. The largest absolute Gasteiger partial charge is 0.352 e. The Balaban J connectivity index is 2.55. The molecule has 0 aliphatic carbocycles. The first-order chi connectivity index (χ1) is 9.93. The van der Waals surface area contributed by atoms with Crippen molar-refractivity contribution in [3.05, 3.63) is 34.3 Å². The van der Waals surface area contributed by atoms with Crippen molar-refractivity contribution in [2.45, 2.75) is 32.9 Å². The number of carbonyl (C=O) groups is 1. The smallest absolute Gasteiger partial charge is 0.239 e. The van der Waals surface area contributed by atoms with Crippen molar-refractivity contribution in [2.24, 2.45) is 4.99 Å². The van der Waals surface area contributed by atoms with Crippen molar-refractivity contribution >= 4 is 27.8 Å². The van der Waals surface area contributed by atoms with E-state index >= 15 is 0 Å². The predicted octanol–water partition coefficient (Wildman–Crippen LogP) is 2.20. The number of hydrogen-bond donors (Lipinski definition) is 3. The van der Waals surface area contributed by atoms with Gasteiger partial charge in [-0.3, -0.25) is 9.79 Å². The molecule has 1 aromatic rings. The molecule has 21 heavy (non-hydrogen) atoms. The standard InChI is InChI=1S/C15H23BrN4O/c1-10(2)19-14(21)9-18-15(17-4)20-11(3)12-7-5-6-8-13(12)16/h5-8,10-11H,9H2,1-4H3,(H,19,21)(H2,17,18,20). The van der Waals surface area contributed by atoms with Gasteiger partial charge in [0.15, 0.2) is 5.96 Å². The molecule has 0 aromatic heterocycles. The lowest BCUT2D eigenvalue weighted by Crippen LogP contribution is -2.45. The minimum absolute atomic E-state index is 0.0542. The summed E-state index contributed by atoms with van der Waals surface area (Å²) in [6.07, 6.45) is 0. The molecule has 0 saturated carbocycles. The second-order valence-electron chi connectivity index (χ2n) is 5.04. The van der Waals surface area contributed by atoms with Crippen LogP contribution in [0.3, 0.4) is 0 Å². The monoisotopic (exact) mass is 354 g/mol. The first kappa shape index (κ1) is 17.5. The Labute approximate surface area is 134 Å². The third-order valence-corrected chi connectivity index (χ3v) is 3.54. The van der Waals surface area contributed by atoms with Crippen LogP contribution >= 0.6 is 15.9 Å². The molecular formula is C15H23BrN4O. The average molecular weight is 355 g/mol. The van der Waals surface area contributed by atoms with Crippen molar-refractivity contribution in [1.29, 1.82) is 0 Å². The molecule has 1 rings (SSSR count). The van der Waals surface area contributed by atoms with Crippen molar-refractivity contribution in [2.75, 3.05) is 13.6 Å². The summed E-state index contributed by atoms with van der Waals surface area (Å²) < 4.78 is 1.04. The molecule has 0 bridgehead atoms. The van der Waals surface area contributed by atoms with Gasteiger partial charge in [-0.25, -0.2) is 0 Å². The first-order valence-corrected chi connectivity index (χ1v) is 7.74. The van der Waals surface area contributed by atoms with Crippen LogP contribution < -0.4 is 16.0 Å². The van der Waals surface area contributed by atoms with Gasteiger partial charge in [0.25, 0.3) is 0 Å². The van der Waals surface area contributed by atoms with E-state index in [9.17, 15) is 4.79 Å². The fraction of sp³-hybridized carbons (Fsp3) is 0.467. The normalized spacial score (nSPS) is 13.0. The van der Waals surface area contributed by atoms with Crippen LogP contribution in [0.2, 0.25) is 0 Å². The highest BCUT2D eigenvalue weighted by atomic mass is 79.9. The molecule has 0 heterocycles. The topological polar surface area (TPSA) is 65.5 Å². The summed E-state index contributed by atoms with van der Waals surface area (Å²) in [5, 5.41) is 9.09. The molecule has 0 fully saturated rings. The molecular weight excluding hydrogens is 332 g/mol. The van der Waals surface area contributed by atoms with E-state index in [1.54, 1.807) is 7.05 Å². The molecule has 5 nitrogen and oxygen atoms in total. The van der Waals surface area contributed by atoms with Crippen LogP contribution in [-0.2, 0) is 4.79 Å². The number of rotatable bonds is 5. The molecule has 0 aliphatic rings. The number of amides is 1. The lowest BCUT2D eigenvalue weighted by Gasteiger charge is -2.19. The summed E-state index contributed by atoms with van der Waals surface area (Å²) in [6.45, 7) is 6.10. The third kappa shape index (κ3) is 6.16. The van der Waals surface area contributed by atoms with E-state index in [2.05, 4.69) is 36.9 Å². The molecule has 1 amide bonds. The Hall–Kier alpha value is -1.56. The fourth-order valence-electron chi connectivity index (χ4n) is 1.84. The highest BCUT2D eigenvalue weighted by Crippen LogP contribution is 2.22. The Morgan fingerprint density at radius 3 is 2.48 bits per heavy atom. The zero-order valence-corrected chi connectivity index (χ0v) is 14.5. The number of guanidine groups is 1. The second-order valence-corrected chi connectivity index (χ2v) is 5.89. The zero-order chi connectivity index (χ0) is 15.8. The van der Waals surface area contributed by atoms with Crippen LogP contribution in [-0.4, -0.2) is 31.5 Å². The molecule has 0 aliphatic heterocycles. The zero-order valence-electron chi connectivity index (χ0n) is 12.9. The van der Waals surface area contributed by atoms with E-state index in [-0.39, 0.29) is 24.5 Å². The van der Waals surface area contributed by atoms with Gasteiger partial charge in [0, 0.05) is 17.6 Å². The number of aliphatic imine (C=N–C) groups is 1.